The van der Waals surface area contributed by atoms with Crippen molar-refractivity contribution in [1.29, 1.82) is 0 Å². The second-order valence-corrected chi connectivity index (χ2v) is 10.7. The second-order valence-electron chi connectivity index (χ2n) is 10.7. The molecule has 5 heteroatoms. The highest BCUT2D eigenvalue weighted by Gasteiger charge is 2.42. The van der Waals surface area contributed by atoms with E-state index >= 15 is 0 Å². The summed E-state index contributed by atoms with van der Waals surface area (Å²) in [6, 6.07) is 15.6. The Hall–Kier alpha value is -3.86. The maximum atomic E-state index is 14.1. The first kappa shape index (κ1) is 23.9. The number of anilines is 2. The maximum absolute atomic E-state index is 14.1. The Labute approximate surface area is 212 Å². The van der Waals surface area contributed by atoms with Crippen LogP contribution in [0.2, 0.25) is 0 Å². The quantitative estimate of drug-likeness (QED) is 0.437. The van der Waals surface area contributed by atoms with E-state index in [0.29, 0.717) is 30.6 Å². The van der Waals surface area contributed by atoms with Crippen molar-refractivity contribution in [1.82, 2.24) is 4.57 Å². The number of aromatic nitrogens is 1. The number of rotatable bonds is 5. The third-order valence-electron chi connectivity index (χ3n) is 7.21. The summed E-state index contributed by atoms with van der Waals surface area (Å²) >= 11 is 0. The van der Waals surface area contributed by atoms with Gasteiger partial charge in [-0.05, 0) is 54.5 Å². The molecule has 0 saturated heterocycles. The first-order chi connectivity index (χ1) is 17.2. The Morgan fingerprint density at radius 2 is 1.78 bits per heavy atom. The van der Waals surface area contributed by atoms with E-state index in [4.69, 9.17) is 0 Å². The van der Waals surface area contributed by atoms with Gasteiger partial charge in [0, 0.05) is 36.3 Å². The van der Waals surface area contributed by atoms with Crippen molar-refractivity contribution in [3.05, 3.63) is 107 Å². The molecule has 0 saturated carbocycles. The first-order valence-electron chi connectivity index (χ1n) is 12.5. The highest BCUT2D eigenvalue weighted by molar-refractivity contribution is 6.01. The number of ketones is 1. The van der Waals surface area contributed by atoms with E-state index in [2.05, 4.69) is 43.3 Å². The van der Waals surface area contributed by atoms with E-state index in [0.717, 1.165) is 40.0 Å². The lowest BCUT2D eigenvalue weighted by Gasteiger charge is -2.37. The zero-order valence-corrected chi connectivity index (χ0v) is 21.3. The number of carbonyl (C=O) groups excluding carboxylic acids is 1. The number of aryl methyl sites for hydroxylation is 1. The Bertz CT molecular complexity index is 1490. The van der Waals surface area contributed by atoms with Gasteiger partial charge in [-0.15, -0.1) is 13.2 Å². The highest BCUT2D eigenvalue weighted by Crippen LogP contribution is 2.47. The van der Waals surface area contributed by atoms with Crippen LogP contribution in [0.4, 0.5) is 11.4 Å². The fourth-order valence-electron chi connectivity index (χ4n) is 5.75. The predicted molar refractivity (Wildman–Crippen MR) is 149 cm³/mol. The number of hydrogen-bond donors (Lipinski definition) is 1. The Balaban J connectivity index is 1.87. The van der Waals surface area contributed by atoms with Crippen molar-refractivity contribution >= 4 is 28.1 Å². The zero-order chi connectivity index (χ0) is 25.6. The summed E-state index contributed by atoms with van der Waals surface area (Å²) in [5.74, 6) is 0.0830. The van der Waals surface area contributed by atoms with Crippen LogP contribution in [0.25, 0.3) is 10.9 Å². The fourth-order valence-corrected chi connectivity index (χ4v) is 5.75. The first-order valence-corrected chi connectivity index (χ1v) is 12.5. The van der Waals surface area contributed by atoms with Crippen molar-refractivity contribution in [3.63, 3.8) is 0 Å². The molecule has 1 aliphatic heterocycles. The van der Waals surface area contributed by atoms with Crippen LogP contribution in [0, 0.1) is 12.3 Å². The van der Waals surface area contributed by atoms with Gasteiger partial charge in [-0.25, -0.2) is 0 Å². The summed E-state index contributed by atoms with van der Waals surface area (Å²) in [6.45, 7) is 15.1. The molecule has 0 spiro atoms. The summed E-state index contributed by atoms with van der Waals surface area (Å²) in [4.78, 5) is 30.1. The average molecular weight is 480 g/mol. The number of para-hydroxylation sites is 2. The topological polar surface area (TPSA) is 54.3 Å². The Kier molecular flexibility index (Phi) is 5.95. The van der Waals surface area contributed by atoms with Gasteiger partial charge in [0.25, 0.3) is 5.56 Å². The van der Waals surface area contributed by atoms with Crippen LogP contribution < -0.4 is 15.8 Å². The van der Waals surface area contributed by atoms with Crippen LogP contribution in [-0.2, 0) is 11.3 Å². The summed E-state index contributed by atoms with van der Waals surface area (Å²) in [5, 5.41) is 4.57. The minimum Gasteiger partial charge on any atom is -0.357 e. The van der Waals surface area contributed by atoms with Crippen LogP contribution in [0.1, 0.15) is 43.9 Å². The molecule has 2 aliphatic rings. The number of fused-ring (bicyclic) bond motifs is 2. The number of benzene rings is 2. The fraction of sp³-hybridized carbons (Fsp3) is 0.290. The van der Waals surface area contributed by atoms with Crippen LogP contribution in [0.3, 0.4) is 0 Å². The van der Waals surface area contributed by atoms with Gasteiger partial charge in [0.05, 0.1) is 22.9 Å². The molecule has 2 aromatic carbocycles. The molecule has 36 heavy (non-hydrogen) atoms. The molecule has 0 amide bonds. The van der Waals surface area contributed by atoms with Gasteiger partial charge in [0.2, 0.25) is 0 Å². The third-order valence-corrected chi connectivity index (χ3v) is 7.21. The molecular weight excluding hydrogens is 446 g/mol. The number of pyridine rings is 1. The van der Waals surface area contributed by atoms with Gasteiger partial charge in [-0.3, -0.25) is 9.59 Å². The van der Waals surface area contributed by atoms with Crippen LogP contribution in [0.5, 0.6) is 0 Å². The van der Waals surface area contributed by atoms with E-state index in [1.54, 1.807) is 10.6 Å². The SMILES string of the molecule is C=CCN1c2ccccc2NC2=C(C(=O)CC(C)(C)C2)C1c1cc2cc(C)ccc2n(CC=C)c1=O. The largest absolute Gasteiger partial charge is 0.357 e. The second kappa shape index (κ2) is 8.98. The summed E-state index contributed by atoms with van der Waals surface area (Å²) < 4.78 is 1.77. The molecule has 2 heterocycles. The van der Waals surface area contributed by atoms with Crippen molar-refractivity contribution in [2.45, 2.75) is 46.2 Å². The van der Waals surface area contributed by atoms with Gasteiger partial charge in [0.1, 0.15) is 0 Å². The minimum absolute atomic E-state index is 0.0830. The van der Waals surface area contributed by atoms with E-state index < -0.39 is 6.04 Å². The van der Waals surface area contributed by atoms with E-state index in [1.807, 2.05) is 55.5 Å². The lowest BCUT2D eigenvalue weighted by Crippen LogP contribution is -2.39. The summed E-state index contributed by atoms with van der Waals surface area (Å²) in [7, 11) is 0. The standard InChI is InChI=1S/C31H33N3O2/c1-6-14-33-26-11-9-8-10-23(26)32-24-18-31(4,5)19-27(35)28(24)29(33)22-17-21-16-20(3)12-13-25(21)34(15-7-2)30(22)36/h6-13,16-17,29,32H,1-2,14-15,18-19H2,3-5H3. The van der Waals surface area contributed by atoms with Gasteiger partial charge in [0.15, 0.2) is 5.78 Å². The molecule has 1 N–H and O–H groups in total. The lowest BCUT2D eigenvalue weighted by atomic mass is 9.73. The minimum atomic E-state index is -0.536. The van der Waals surface area contributed by atoms with Gasteiger partial charge >= 0.3 is 0 Å². The molecule has 1 atom stereocenters. The van der Waals surface area contributed by atoms with Crippen molar-refractivity contribution < 1.29 is 4.79 Å². The Morgan fingerprint density at radius 1 is 1.03 bits per heavy atom. The summed E-state index contributed by atoms with van der Waals surface area (Å²) in [5.41, 5.74) is 5.76. The van der Waals surface area contributed by atoms with E-state index in [1.165, 1.54) is 0 Å². The van der Waals surface area contributed by atoms with Crippen molar-refractivity contribution in [3.8, 4) is 0 Å². The molecule has 0 bridgehead atoms. The highest BCUT2D eigenvalue weighted by atomic mass is 16.1. The van der Waals surface area contributed by atoms with Crippen LogP contribution in [-0.4, -0.2) is 16.9 Å². The number of Topliss-reactive ketones (excluding diaryl/α,β-unsaturated/α-hetero) is 1. The Morgan fingerprint density at radius 3 is 2.53 bits per heavy atom. The monoisotopic (exact) mass is 479 g/mol. The molecule has 5 rings (SSSR count). The molecule has 0 fully saturated rings. The zero-order valence-electron chi connectivity index (χ0n) is 21.3. The molecule has 1 unspecified atom stereocenters. The lowest BCUT2D eigenvalue weighted by molar-refractivity contribution is -0.118. The normalized spacial score (nSPS) is 18.8. The van der Waals surface area contributed by atoms with E-state index in [9.17, 15) is 9.59 Å². The molecule has 1 aliphatic carbocycles. The molecule has 5 nitrogen and oxygen atoms in total. The van der Waals surface area contributed by atoms with E-state index in [-0.39, 0.29) is 16.8 Å². The molecule has 3 aromatic rings. The molecule has 1 aromatic heterocycles. The van der Waals surface area contributed by atoms with Gasteiger partial charge in [-0.2, -0.15) is 0 Å². The third kappa shape index (κ3) is 3.98. The smallest absolute Gasteiger partial charge is 0.256 e. The van der Waals surface area contributed by atoms with Crippen LogP contribution >= 0.6 is 0 Å². The number of nitrogens with one attached hydrogen (secondary N) is 1. The molecule has 0 radical (unpaired) electrons. The maximum Gasteiger partial charge on any atom is 0.256 e. The number of carbonyl (C=O) groups is 1. The molecular formula is C31H33N3O2. The van der Waals surface area contributed by atoms with Gasteiger partial charge in [-0.1, -0.05) is 49.8 Å². The predicted octanol–water partition coefficient (Wildman–Crippen LogP) is 6.30. The van der Waals surface area contributed by atoms with Crippen LogP contribution in [0.15, 0.2) is 89.9 Å². The van der Waals surface area contributed by atoms with Gasteiger partial charge < -0.3 is 14.8 Å². The number of allylic oxidation sites excluding steroid dienone is 2. The number of nitrogens with zero attached hydrogens (tertiary/aromatic N) is 2. The number of hydrogen-bond acceptors (Lipinski definition) is 4. The van der Waals surface area contributed by atoms with Crippen molar-refractivity contribution in [2.75, 3.05) is 16.8 Å². The molecule has 184 valence electrons. The van der Waals surface area contributed by atoms with Crippen molar-refractivity contribution in [2.24, 2.45) is 5.41 Å². The summed E-state index contributed by atoms with van der Waals surface area (Å²) in [6.07, 6.45) is 4.75. The average Bonchev–Trinajstić information content (AvgIpc) is 2.95.